The second kappa shape index (κ2) is 4.87. The minimum Gasteiger partial charge on any atom is -0.344 e. The number of carbonyl (C=O) groups excluding carboxylic acids is 1. The molecule has 0 spiro atoms. The average Bonchev–Trinajstić information content (AvgIpc) is 2.57. The molecule has 18 heavy (non-hydrogen) atoms. The Morgan fingerprint density at radius 2 is 2.17 bits per heavy atom. The standard InChI is InChI=1S/C11H13ClN2O3S/c1-14-7-9(6-11(14)15)13-18(16,17)10-4-2-3-8(12)5-10/h2-5,9,13H,6-7H2,1H3/t9-/m0/s1. The van der Waals surface area contributed by atoms with E-state index in [4.69, 9.17) is 11.6 Å². The molecule has 1 saturated heterocycles. The summed E-state index contributed by atoms with van der Waals surface area (Å²) in [5.74, 6) is -0.0613. The van der Waals surface area contributed by atoms with Gasteiger partial charge < -0.3 is 4.90 Å². The van der Waals surface area contributed by atoms with E-state index in [0.29, 0.717) is 11.6 Å². The van der Waals surface area contributed by atoms with Crippen LogP contribution in [0.2, 0.25) is 5.02 Å². The zero-order chi connectivity index (χ0) is 13.3. The highest BCUT2D eigenvalue weighted by Gasteiger charge is 2.30. The number of rotatable bonds is 3. The van der Waals surface area contributed by atoms with Gasteiger partial charge in [0, 0.05) is 31.1 Å². The van der Waals surface area contributed by atoms with Gasteiger partial charge in [0.2, 0.25) is 15.9 Å². The predicted molar refractivity (Wildman–Crippen MR) is 67.8 cm³/mol. The first-order valence-corrected chi connectivity index (χ1v) is 7.26. The number of carbonyl (C=O) groups is 1. The molecule has 1 aromatic carbocycles. The second-order valence-corrected chi connectivity index (χ2v) is 6.40. The summed E-state index contributed by atoms with van der Waals surface area (Å²) in [4.78, 5) is 12.9. The molecule has 1 atom stereocenters. The monoisotopic (exact) mass is 288 g/mol. The van der Waals surface area contributed by atoms with Gasteiger partial charge in [-0.1, -0.05) is 17.7 Å². The van der Waals surface area contributed by atoms with Gasteiger partial charge in [-0.05, 0) is 18.2 Å². The maximum atomic E-state index is 12.1. The molecule has 5 nitrogen and oxygen atoms in total. The molecule has 0 saturated carbocycles. The van der Waals surface area contributed by atoms with E-state index in [2.05, 4.69) is 4.72 Å². The molecule has 1 aliphatic rings. The van der Waals surface area contributed by atoms with Crippen molar-refractivity contribution in [2.75, 3.05) is 13.6 Å². The molecule has 1 fully saturated rings. The second-order valence-electron chi connectivity index (χ2n) is 4.25. The first-order valence-electron chi connectivity index (χ1n) is 5.40. The highest BCUT2D eigenvalue weighted by Crippen LogP contribution is 2.17. The van der Waals surface area contributed by atoms with Crippen molar-refractivity contribution in [2.24, 2.45) is 0 Å². The van der Waals surface area contributed by atoms with Crippen molar-refractivity contribution in [1.82, 2.24) is 9.62 Å². The molecule has 1 N–H and O–H groups in total. The Morgan fingerprint density at radius 3 is 2.72 bits per heavy atom. The van der Waals surface area contributed by atoms with Gasteiger partial charge in [0.05, 0.1) is 4.90 Å². The lowest BCUT2D eigenvalue weighted by molar-refractivity contribution is -0.126. The van der Waals surface area contributed by atoms with Gasteiger partial charge in [-0.25, -0.2) is 13.1 Å². The Labute approximate surface area is 111 Å². The Kier molecular flexibility index (Phi) is 3.61. The Hall–Kier alpha value is -1.11. The summed E-state index contributed by atoms with van der Waals surface area (Å²) in [6.45, 7) is 0.388. The molecule has 1 amide bonds. The Bertz CT molecular complexity index is 573. The van der Waals surface area contributed by atoms with Crippen molar-refractivity contribution in [3.63, 3.8) is 0 Å². The molecular weight excluding hydrogens is 276 g/mol. The summed E-state index contributed by atoms with van der Waals surface area (Å²) < 4.78 is 26.6. The van der Waals surface area contributed by atoms with E-state index >= 15 is 0 Å². The molecule has 7 heteroatoms. The van der Waals surface area contributed by atoms with E-state index in [1.807, 2.05) is 0 Å². The molecule has 0 radical (unpaired) electrons. The molecule has 0 aromatic heterocycles. The van der Waals surface area contributed by atoms with Crippen LogP contribution in [0.25, 0.3) is 0 Å². The molecule has 0 bridgehead atoms. The van der Waals surface area contributed by atoms with Gasteiger partial charge >= 0.3 is 0 Å². The van der Waals surface area contributed by atoms with Gasteiger partial charge in [0.15, 0.2) is 0 Å². The van der Waals surface area contributed by atoms with Gasteiger partial charge in [-0.2, -0.15) is 0 Å². The molecule has 2 rings (SSSR count). The number of benzene rings is 1. The van der Waals surface area contributed by atoms with E-state index in [0.717, 1.165) is 0 Å². The lowest BCUT2D eigenvalue weighted by atomic mass is 10.3. The molecule has 98 valence electrons. The van der Waals surface area contributed by atoms with Crippen molar-refractivity contribution in [3.05, 3.63) is 29.3 Å². The quantitative estimate of drug-likeness (QED) is 0.897. The van der Waals surface area contributed by atoms with Crippen molar-refractivity contribution in [3.8, 4) is 0 Å². The third kappa shape index (κ3) is 2.82. The first kappa shape index (κ1) is 13.3. The minimum absolute atomic E-state index is 0.0613. The summed E-state index contributed by atoms with van der Waals surface area (Å²) in [5.41, 5.74) is 0. The maximum Gasteiger partial charge on any atom is 0.240 e. The van der Waals surface area contributed by atoms with Crippen LogP contribution in [-0.2, 0) is 14.8 Å². The third-order valence-corrected chi connectivity index (χ3v) is 4.52. The fourth-order valence-electron chi connectivity index (χ4n) is 1.86. The number of sulfonamides is 1. The normalized spacial score (nSPS) is 20.4. The van der Waals surface area contributed by atoms with Crippen molar-refractivity contribution in [2.45, 2.75) is 17.4 Å². The highest BCUT2D eigenvalue weighted by atomic mass is 35.5. The van der Waals surface area contributed by atoms with E-state index in [9.17, 15) is 13.2 Å². The molecule has 1 aliphatic heterocycles. The van der Waals surface area contributed by atoms with E-state index in [1.54, 1.807) is 19.2 Å². The molecular formula is C11H13ClN2O3S. The maximum absolute atomic E-state index is 12.1. The van der Waals surface area contributed by atoms with Crippen molar-refractivity contribution < 1.29 is 13.2 Å². The number of hydrogen-bond acceptors (Lipinski definition) is 3. The molecule has 1 heterocycles. The van der Waals surface area contributed by atoms with Gasteiger partial charge in [-0.15, -0.1) is 0 Å². The predicted octanol–water partition coefficient (Wildman–Crippen LogP) is 0.849. The van der Waals surface area contributed by atoms with Crippen LogP contribution in [0.3, 0.4) is 0 Å². The van der Waals surface area contributed by atoms with E-state index in [1.165, 1.54) is 17.0 Å². The summed E-state index contributed by atoms with van der Waals surface area (Å²) in [6, 6.07) is 5.64. The Balaban J connectivity index is 2.16. The van der Waals surface area contributed by atoms with Gasteiger partial charge in [-0.3, -0.25) is 4.79 Å². The average molecular weight is 289 g/mol. The molecule has 0 unspecified atom stereocenters. The third-order valence-electron chi connectivity index (χ3n) is 2.77. The lowest BCUT2D eigenvalue weighted by Gasteiger charge is -2.13. The number of halogens is 1. The fraction of sp³-hybridized carbons (Fsp3) is 0.364. The summed E-state index contributed by atoms with van der Waals surface area (Å²) in [7, 11) is -1.98. The summed E-state index contributed by atoms with van der Waals surface area (Å²) >= 11 is 5.76. The number of nitrogens with zero attached hydrogens (tertiary/aromatic N) is 1. The zero-order valence-corrected chi connectivity index (χ0v) is 11.3. The van der Waals surface area contributed by atoms with E-state index < -0.39 is 10.0 Å². The van der Waals surface area contributed by atoms with Crippen LogP contribution < -0.4 is 4.72 Å². The van der Waals surface area contributed by atoms with Gasteiger partial charge in [0.25, 0.3) is 0 Å². The summed E-state index contributed by atoms with van der Waals surface area (Å²) in [5, 5.41) is 0.359. The molecule has 1 aromatic rings. The topological polar surface area (TPSA) is 66.5 Å². The highest BCUT2D eigenvalue weighted by molar-refractivity contribution is 7.89. The number of likely N-dealkylation sites (N-methyl/N-ethyl adjacent to an activating group) is 1. The van der Waals surface area contributed by atoms with Crippen LogP contribution in [0.4, 0.5) is 0 Å². The van der Waals surface area contributed by atoms with Crippen LogP contribution >= 0.6 is 11.6 Å². The van der Waals surface area contributed by atoms with Crippen molar-refractivity contribution >= 4 is 27.5 Å². The zero-order valence-electron chi connectivity index (χ0n) is 9.76. The number of hydrogen-bond donors (Lipinski definition) is 1. The van der Waals surface area contributed by atoms with Crippen LogP contribution in [0.1, 0.15) is 6.42 Å². The van der Waals surface area contributed by atoms with Crippen LogP contribution in [0.5, 0.6) is 0 Å². The Morgan fingerprint density at radius 1 is 1.44 bits per heavy atom. The van der Waals surface area contributed by atoms with Crippen LogP contribution in [0, 0.1) is 0 Å². The minimum atomic E-state index is -3.63. The van der Waals surface area contributed by atoms with Gasteiger partial charge in [0.1, 0.15) is 0 Å². The first-order chi connectivity index (χ1) is 8.38. The summed E-state index contributed by atoms with van der Waals surface area (Å²) in [6.07, 6.45) is 0.191. The van der Waals surface area contributed by atoms with Crippen molar-refractivity contribution in [1.29, 1.82) is 0 Å². The smallest absolute Gasteiger partial charge is 0.240 e. The lowest BCUT2D eigenvalue weighted by Crippen LogP contribution is -2.36. The molecule has 0 aliphatic carbocycles. The SMILES string of the molecule is CN1C[C@@H](NS(=O)(=O)c2cccc(Cl)c2)CC1=O. The number of nitrogens with one attached hydrogen (secondary N) is 1. The number of amides is 1. The van der Waals surface area contributed by atoms with Crippen LogP contribution in [-0.4, -0.2) is 38.9 Å². The number of likely N-dealkylation sites (tertiary alicyclic amines) is 1. The van der Waals surface area contributed by atoms with E-state index in [-0.39, 0.29) is 23.3 Å². The fourth-order valence-corrected chi connectivity index (χ4v) is 3.39. The largest absolute Gasteiger partial charge is 0.344 e. The van der Waals surface area contributed by atoms with Crippen LogP contribution in [0.15, 0.2) is 29.2 Å².